The van der Waals surface area contributed by atoms with E-state index in [1.165, 1.54) is 6.07 Å². The maximum atomic E-state index is 13.4. The highest BCUT2D eigenvalue weighted by atomic mass is 35.5. The molecule has 0 aliphatic carbocycles. The van der Waals surface area contributed by atoms with Crippen LogP contribution in [0.1, 0.15) is 18.1 Å². The minimum atomic E-state index is -0.200. The zero-order valence-corrected chi connectivity index (χ0v) is 8.51. The third-order valence-corrected chi connectivity index (χ3v) is 3.02. The fourth-order valence-electron chi connectivity index (χ4n) is 1.84. The molecule has 0 radical (unpaired) electrons. The quantitative estimate of drug-likeness (QED) is 0.688. The summed E-state index contributed by atoms with van der Waals surface area (Å²) in [7, 11) is 0. The SMILES string of the molecule is Fc1ccccc1C1OCCC1CCl. The van der Waals surface area contributed by atoms with E-state index in [2.05, 4.69) is 0 Å². The van der Waals surface area contributed by atoms with Gasteiger partial charge >= 0.3 is 0 Å². The summed E-state index contributed by atoms with van der Waals surface area (Å²) in [5, 5.41) is 0. The van der Waals surface area contributed by atoms with E-state index in [0.717, 1.165) is 6.42 Å². The Bertz CT molecular complexity index is 316. The molecule has 2 rings (SSSR count). The van der Waals surface area contributed by atoms with Crippen molar-refractivity contribution in [1.29, 1.82) is 0 Å². The first kappa shape index (κ1) is 9.94. The van der Waals surface area contributed by atoms with E-state index < -0.39 is 0 Å². The van der Waals surface area contributed by atoms with Gasteiger partial charge in [-0.2, -0.15) is 0 Å². The lowest BCUT2D eigenvalue weighted by atomic mass is 9.97. The normalized spacial score (nSPS) is 26.7. The van der Waals surface area contributed by atoms with Gasteiger partial charge in [0.1, 0.15) is 5.82 Å². The Morgan fingerprint density at radius 1 is 1.43 bits per heavy atom. The van der Waals surface area contributed by atoms with Crippen molar-refractivity contribution in [3.63, 3.8) is 0 Å². The standard InChI is InChI=1S/C11H12ClFO/c12-7-8-5-6-14-11(8)9-3-1-2-4-10(9)13/h1-4,8,11H,5-7H2. The minimum Gasteiger partial charge on any atom is -0.373 e. The second-order valence-electron chi connectivity index (χ2n) is 3.52. The number of ether oxygens (including phenoxy) is 1. The van der Waals surface area contributed by atoms with Gasteiger partial charge in [-0.05, 0) is 12.5 Å². The molecule has 14 heavy (non-hydrogen) atoms. The molecule has 1 fully saturated rings. The molecule has 1 aromatic rings. The van der Waals surface area contributed by atoms with Gasteiger partial charge in [0.2, 0.25) is 0 Å². The Balaban J connectivity index is 2.26. The second-order valence-corrected chi connectivity index (χ2v) is 3.82. The summed E-state index contributed by atoms with van der Waals surface area (Å²) in [6.45, 7) is 0.677. The van der Waals surface area contributed by atoms with E-state index in [0.29, 0.717) is 18.1 Å². The predicted molar refractivity (Wildman–Crippen MR) is 53.9 cm³/mol. The van der Waals surface area contributed by atoms with Gasteiger partial charge in [0.05, 0.1) is 6.10 Å². The van der Waals surface area contributed by atoms with Crippen molar-refractivity contribution in [3.8, 4) is 0 Å². The van der Waals surface area contributed by atoms with Gasteiger partial charge in [-0.15, -0.1) is 11.6 Å². The van der Waals surface area contributed by atoms with Gasteiger partial charge in [0.25, 0.3) is 0 Å². The maximum absolute atomic E-state index is 13.4. The second kappa shape index (κ2) is 4.28. The molecule has 0 bridgehead atoms. The lowest BCUT2D eigenvalue weighted by Gasteiger charge is -2.16. The Labute approximate surface area is 87.8 Å². The number of halogens is 2. The third kappa shape index (κ3) is 1.77. The van der Waals surface area contributed by atoms with Crippen LogP contribution in [-0.2, 0) is 4.74 Å². The van der Waals surface area contributed by atoms with Crippen LogP contribution in [0, 0.1) is 11.7 Å². The third-order valence-electron chi connectivity index (χ3n) is 2.62. The number of alkyl halides is 1. The Morgan fingerprint density at radius 2 is 2.21 bits per heavy atom. The van der Waals surface area contributed by atoms with Crippen molar-refractivity contribution in [3.05, 3.63) is 35.6 Å². The summed E-state index contributed by atoms with van der Waals surface area (Å²) in [4.78, 5) is 0. The molecular weight excluding hydrogens is 203 g/mol. The number of hydrogen-bond donors (Lipinski definition) is 0. The van der Waals surface area contributed by atoms with Crippen molar-refractivity contribution in [1.82, 2.24) is 0 Å². The van der Waals surface area contributed by atoms with Gasteiger partial charge in [-0.3, -0.25) is 0 Å². The lowest BCUT2D eigenvalue weighted by molar-refractivity contribution is 0.0921. The van der Waals surface area contributed by atoms with Crippen LogP contribution in [0.25, 0.3) is 0 Å². The fraction of sp³-hybridized carbons (Fsp3) is 0.455. The average Bonchev–Trinajstić information content (AvgIpc) is 2.66. The first-order chi connectivity index (χ1) is 6.83. The highest BCUT2D eigenvalue weighted by molar-refractivity contribution is 6.18. The molecule has 0 aromatic heterocycles. The van der Waals surface area contributed by atoms with E-state index >= 15 is 0 Å². The van der Waals surface area contributed by atoms with Crippen molar-refractivity contribution in [2.45, 2.75) is 12.5 Å². The van der Waals surface area contributed by atoms with Crippen LogP contribution >= 0.6 is 11.6 Å². The lowest BCUT2D eigenvalue weighted by Crippen LogP contribution is -2.10. The topological polar surface area (TPSA) is 9.23 Å². The van der Waals surface area contributed by atoms with Crippen LogP contribution in [0.5, 0.6) is 0 Å². The zero-order chi connectivity index (χ0) is 9.97. The molecule has 0 saturated carbocycles. The first-order valence-electron chi connectivity index (χ1n) is 4.75. The Hall–Kier alpha value is -0.600. The summed E-state index contributed by atoms with van der Waals surface area (Å²) < 4.78 is 18.9. The summed E-state index contributed by atoms with van der Waals surface area (Å²) in [6.07, 6.45) is 0.761. The molecule has 1 heterocycles. The molecule has 1 nitrogen and oxygen atoms in total. The van der Waals surface area contributed by atoms with Crippen LogP contribution in [0.3, 0.4) is 0 Å². The molecule has 0 N–H and O–H groups in total. The van der Waals surface area contributed by atoms with Gasteiger partial charge in [-0.25, -0.2) is 4.39 Å². The molecular formula is C11H12ClFO. The predicted octanol–water partition coefficient (Wildman–Crippen LogP) is 3.14. The largest absolute Gasteiger partial charge is 0.373 e. The summed E-state index contributed by atoms with van der Waals surface area (Å²) in [5.41, 5.74) is 0.635. The zero-order valence-electron chi connectivity index (χ0n) is 7.75. The van der Waals surface area contributed by atoms with E-state index in [1.54, 1.807) is 12.1 Å². The average molecular weight is 215 g/mol. The molecule has 76 valence electrons. The number of benzene rings is 1. The molecule has 0 spiro atoms. The maximum Gasteiger partial charge on any atom is 0.129 e. The van der Waals surface area contributed by atoms with Crippen molar-refractivity contribution in [2.24, 2.45) is 5.92 Å². The molecule has 1 aliphatic rings. The van der Waals surface area contributed by atoms with Crippen molar-refractivity contribution >= 4 is 11.6 Å². The van der Waals surface area contributed by atoms with Crippen molar-refractivity contribution < 1.29 is 9.13 Å². The van der Waals surface area contributed by atoms with E-state index in [1.807, 2.05) is 6.07 Å². The number of rotatable bonds is 2. The van der Waals surface area contributed by atoms with E-state index in [9.17, 15) is 4.39 Å². The van der Waals surface area contributed by atoms with Crippen LogP contribution in [0.4, 0.5) is 4.39 Å². The minimum absolute atomic E-state index is 0.159. The van der Waals surface area contributed by atoms with Gasteiger partial charge in [0.15, 0.2) is 0 Å². The molecule has 3 heteroatoms. The molecule has 1 saturated heterocycles. The van der Waals surface area contributed by atoms with Gasteiger partial charge in [0, 0.05) is 24.0 Å². The van der Waals surface area contributed by atoms with Gasteiger partial charge in [-0.1, -0.05) is 18.2 Å². The Morgan fingerprint density at radius 3 is 2.93 bits per heavy atom. The smallest absolute Gasteiger partial charge is 0.129 e. The molecule has 1 aliphatic heterocycles. The molecule has 0 amide bonds. The van der Waals surface area contributed by atoms with Crippen LogP contribution in [-0.4, -0.2) is 12.5 Å². The summed E-state index contributed by atoms with van der Waals surface area (Å²) in [5.74, 6) is 0.571. The molecule has 1 aromatic carbocycles. The monoisotopic (exact) mass is 214 g/mol. The van der Waals surface area contributed by atoms with E-state index in [-0.39, 0.29) is 17.8 Å². The van der Waals surface area contributed by atoms with Crippen LogP contribution in [0.15, 0.2) is 24.3 Å². The highest BCUT2D eigenvalue weighted by Crippen LogP contribution is 2.36. The first-order valence-corrected chi connectivity index (χ1v) is 5.28. The van der Waals surface area contributed by atoms with Crippen LogP contribution in [0.2, 0.25) is 0 Å². The summed E-state index contributed by atoms with van der Waals surface area (Å²) >= 11 is 5.80. The van der Waals surface area contributed by atoms with Crippen molar-refractivity contribution in [2.75, 3.05) is 12.5 Å². The highest BCUT2D eigenvalue weighted by Gasteiger charge is 2.30. The summed E-state index contributed by atoms with van der Waals surface area (Å²) in [6, 6.07) is 6.74. The van der Waals surface area contributed by atoms with Gasteiger partial charge < -0.3 is 4.74 Å². The molecule has 2 atom stereocenters. The number of hydrogen-bond acceptors (Lipinski definition) is 1. The van der Waals surface area contributed by atoms with E-state index in [4.69, 9.17) is 16.3 Å². The fourth-order valence-corrected chi connectivity index (χ4v) is 2.16. The van der Waals surface area contributed by atoms with Crippen LogP contribution < -0.4 is 0 Å². The molecule has 2 unspecified atom stereocenters. The Kier molecular flexibility index (Phi) is 3.04.